The largest absolute Gasteiger partial charge is 0.494 e. The van der Waals surface area contributed by atoms with Gasteiger partial charge in [0, 0.05) is 18.7 Å². The monoisotopic (exact) mass is 496 g/mol. The zero-order valence-corrected chi connectivity index (χ0v) is 18.7. The summed E-state index contributed by atoms with van der Waals surface area (Å²) < 4.78 is 5.43. The number of benzene rings is 2. The van der Waals surface area contributed by atoms with Crippen LogP contribution in [0.5, 0.6) is 5.75 Å². The van der Waals surface area contributed by atoms with Gasteiger partial charge in [0.1, 0.15) is 5.75 Å². The molecule has 0 radical (unpaired) electrons. The van der Waals surface area contributed by atoms with Crippen molar-refractivity contribution in [2.45, 2.75) is 32.7 Å². The molecule has 2 aromatic rings. The fourth-order valence-corrected chi connectivity index (χ4v) is 2.56. The van der Waals surface area contributed by atoms with Gasteiger partial charge in [0.25, 0.3) is 0 Å². The molecule has 152 valence electrons. The van der Waals surface area contributed by atoms with Crippen LogP contribution in [-0.2, 0) is 4.79 Å². The highest BCUT2D eigenvalue weighted by Crippen LogP contribution is 2.17. The van der Waals surface area contributed by atoms with E-state index in [0.717, 1.165) is 17.0 Å². The molecule has 1 amide bonds. The van der Waals surface area contributed by atoms with Gasteiger partial charge in [-0.25, -0.2) is 0 Å². The molecule has 4 N–H and O–H groups in total. The van der Waals surface area contributed by atoms with Gasteiger partial charge >= 0.3 is 0 Å². The van der Waals surface area contributed by atoms with Gasteiger partial charge in [0.15, 0.2) is 5.96 Å². The first kappa shape index (κ1) is 23.7. The van der Waals surface area contributed by atoms with Crippen molar-refractivity contribution in [1.82, 2.24) is 5.32 Å². The summed E-state index contributed by atoms with van der Waals surface area (Å²) in [5.41, 5.74) is 7.77. The molecule has 0 aliphatic rings. The number of carbonyl (C=O) groups excluding carboxylic acids is 1. The molecular formula is C21H29IN4O2. The number of ether oxygens (including phenoxy) is 1. The van der Waals surface area contributed by atoms with Crippen molar-refractivity contribution in [2.24, 2.45) is 10.7 Å². The predicted octanol–water partition coefficient (Wildman–Crippen LogP) is 4.09. The second-order valence-corrected chi connectivity index (χ2v) is 6.15. The molecule has 0 spiro atoms. The highest BCUT2D eigenvalue weighted by Gasteiger charge is 2.09. The molecular weight excluding hydrogens is 467 g/mol. The van der Waals surface area contributed by atoms with E-state index < -0.39 is 0 Å². The number of rotatable bonds is 9. The van der Waals surface area contributed by atoms with Crippen LogP contribution in [0.25, 0.3) is 0 Å². The number of nitrogens with one attached hydrogen (secondary N) is 2. The van der Waals surface area contributed by atoms with Crippen molar-refractivity contribution in [3.8, 4) is 5.75 Å². The van der Waals surface area contributed by atoms with Gasteiger partial charge in [-0.3, -0.25) is 9.79 Å². The van der Waals surface area contributed by atoms with Gasteiger partial charge < -0.3 is 21.1 Å². The lowest BCUT2D eigenvalue weighted by Gasteiger charge is -2.15. The molecule has 28 heavy (non-hydrogen) atoms. The van der Waals surface area contributed by atoms with Gasteiger partial charge in [-0.2, -0.15) is 0 Å². The minimum Gasteiger partial charge on any atom is -0.494 e. The molecule has 6 nitrogen and oxygen atoms in total. The van der Waals surface area contributed by atoms with E-state index in [1.807, 2.05) is 68.4 Å². The van der Waals surface area contributed by atoms with Crippen LogP contribution in [0, 0.1) is 0 Å². The molecule has 1 unspecified atom stereocenters. The highest BCUT2D eigenvalue weighted by atomic mass is 127. The minimum absolute atomic E-state index is 0. The zero-order chi connectivity index (χ0) is 19.5. The first-order valence-corrected chi connectivity index (χ1v) is 9.22. The van der Waals surface area contributed by atoms with Gasteiger partial charge in [0.2, 0.25) is 5.91 Å². The lowest BCUT2D eigenvalue weighted by molar-refractivity contribution is -0.121. The molecule has 0 saturated carbocycles. The second kappa shape index (κ2) is 13.0. The van der Waals surface area contributed by atoms with E-state index in [1.165, 1.54) is 0 Å². The lowest BCUT2D eigenvalue weighted by Crippen LogP contribution is -2.26. The van der Waals surface area contributed by atoms with Crippen molar-refractivity contribution < 1.29 is 9.53 Å². The minimum atomic E-state index is -0.0542. The summed E-state index contributed by atoms with van der Waals surface area (Å²) in [4.78, 5) is 16.3. The third-order valence-electron chi connectivity index (χ3n) is 3.96. The number of para-hydroxylation sites is 1. The Morgan fingerprint density at radius 3 is 2.46 bits per heavy atom. The number of aliphatic imine (C=N–C) groups is 1. The molecule has 0 heterocycles. The third kappa shape index (κ3) is 8.60. The number of nitrogens with two attached hydrogens (primary N) is 1. The summed E-state index contributed by atoms with van der Waals surface area (Å²) in [6, 6.07) is 17.3. The fraction of sp³-hybridized carbons (Fsp3) is 0.333. The Morgan fingerprint density at radius 1 is 1.14 bits per heavy atom. The Hall–Kier alpha value is -2.29. The van der Waals surface area contributed by atoms with Crippen LogP contribution in [0.4, 0.5) is 5.69 Å². The molecule has 2 rings (SSSR count). The fourth-order valence-electron chi connectivity index (χ4n) is 2.56. The first-order valence-electron chi connectivity index (χ1n) is 9.22. The maximum Gasteiger partial charge on any atom is 0.220 e. The van der Waals surface area contributed by atoms with Crippen molar-refractivity contribution in [3.63, 3.8) is 0 Å². The molecule has 0 aliphatic heterocycles. The van der Waals surface area contributed by atoms with E-state index in [9.17, 15) is 4.79 Å². The number of hydrogen-bond donors (Lipinski definition) is 3. The number of amides is 1. The number of carbonyl (C=O) groups is 1. The van der Waals surface area contributed by atoms with E-state index >= 15 is 0 Å². The maximum absolute atomic E-state index is 12.1. The number of nitrogens with zero attached hydrogens (tertiary/aromatic N) is 1. The molecule has 0 aliphatic carbocycles. The van der Waals surface area contributed by atoms with Crippen LogP contribution < -0.4 is 21.1 Å². The first-order chi connectivity index (χ1) is 13.1. The molecule has 0 fully saturated rings. The standard InChI is InChI=1S/C21H28N4O2.HI/c1-3-27-19-13-11-17(12-14-19)16(2)24-20(26)10-7-15-23-21(22)25-18-8-5-4-6-9-18;/h4-6,8-9,11-14,16H,3,7,10,15H2,1-2H3,(H,24,26)(H3,22,23,25);1H. The van der Waals surface area contributed by atoms with Crippen LogP contribution in [0.15, 0.2) is 59.6 Å². The molecule has 0 aromatic heterocycles. The zero-order valence-electron chi connectivity index (χ0n) is 16.4. The Labute approximate surface area is 184 Å². The summed E-state index contributed by atoms with van der Waals surface area (Å²) in [5, 5.41) is 6.01. The number of hydrogen-bond acceptors (Lipinski definition) is 3. The average molecular weight is 496 g/mol. The third-order valence-corrected chi connectivity index (χ3v) is 3.96. The van der Waals surface area contributed by atoms with Crippen LogP contribution in [0.3, 0.4) is 0 Å². The van der Waals surface area contributed by atoms with Gasteiger partial charge in [-0.1, -0.05) is 30.3 Å². The normalized spacial score (nSPS) is 11.9. The molecule has 0 saturated heterocycles. The maximum atomic E-state index is 12.1. The summed E-state index contributed by atoms with van der Waals surface area (Å²) in [6.07, 6.45) is 1.04. The molecule has 0 bridgehead atoms. The van der Waals surface area contributed by atoms with E-state index in [-0.39, 0.29) is 35.9 Å². The molecule has 2 aromatic carbocycles. The van der Waals surface area contributed by atoms with Gasteiger partial charge in [-0.05, 0) is 50.1 Å². The van der Waals surface area contributed by atoms with E-state index in [0.29, 0.717) is 32.0 Å². The Kier molecular flexibility index (Phi) is 11.0. The quantitative estimate of drug-likeness (QED) is 0.211. The van der Waals surface area contributed by atoms with E-state index in [4.69, 9.17) is 10.5 Å². The van der Waals surface area contributed by atoms with Crippen LogP contribution in [-0.4, -0.2) is 25.0 Å². The van der Waals surface area contributed by atoms with Crippen molar-refractivity contribution in [1.29, 1.82) is 0 Å². The van der Waals surface area contributed by atoms with Crippen LogP contribution >= 0.6 is 24.0 Å². The van der Waals surface area contributed by atoms with Gasteiger partial charge in [0.05, 0.1) is 12.6 Å². The highest BCUT2D eigenvalue weighted by molar-refractivity contribution is 14.0. The van der Waals surface area contributed by atoms with Crippen molar-refractivity contribution >= 4 is 41.5 Å². The van der Waals surface area contributed by atoms with E-state index in [2.05, 4.69) is 15.6 Å². The second-order valence-electron chi connectivity index (χ2n) is 6.15. The predicted molar refractivity (Wildman–Crippen MR) is 125 cm³/mol. The SMILES string of the molecule is CCOc1ccc(C(C)NC(=O)CCCN=C(N)Nc2ccccc2)cc1.I. The van der Waals surface area contributed by atoms with Crippen molar-refractivity contribution in [3.05, 3.63) is 60.2 Å². The van der Waals surface area contributed by atoms with Crippen molar-refractivity contribution in [2.75, 3.05) is 18.5 Å². The smallest absolute Gasteiger partial charge is 0.220 e. The summed E-state index contributed by atoms with van der Waals surface area (Å²) in [6.45, 7) is 5.05. The molecule has 7 heteroatoms. The Balaban J connectivity index is 0.00000392. The summed E-state index contributed by atoms with van der Waals surface area (Å²) in [7, 11) is 0. The average Bonchev–Trinajstić information content (AvgIpc) is 2.67. The van der Waals surface area contributed by atoms with Gasteiger partial charge in [-0.15, -0.1) is 24.0 Å². The van der Waals surface area contributed by atoms with E-state index in [1.54, 1.807) is 0 Å². The Morgan fingerprint density at radius 2 is 1.82 bits per heavy atom. The summed E-state index contributed by atoms with van der Waals surface area (Å²) in [5.74, 6) is 1.19. The number of halogens is 1. The Bertz CT molecular complexity index is 736. The van der Waals surface area contributed by atoms with Crippen LogP contribution in [0.1, 0.15) is 38.3 Å². The number of guanidine groups is 1. The summed E-state index contributed by atoms with van der Waals surface area (Å²) >= 11 is 0. The van der Waals surface area contributed by atoms with Crippen LogP contribution in [0.2, 0.25) is 0 Å². The number of anilines is 1. The molecule has 1 atom stereocenters. The lowest BCUT2D eigenvalue weighted by atomic mass is 10.1. The topological polar surface area (TPSA) is 88.7 Å².